The Morgan fingerprint density at radius 3 is 2.62 bits per heavy atom. The van der Waals surface area contributed by atoms with Gasteiger partial charge in [-0.15, -0.1) is 11.8 Å². The summed E-state index contributed by atoms with van der Waals surface area (Å²) in [6, 6.07) is 18.5. The van der Waals surface area contributed by atoms with Crippen molar-refractivity contribution in [2.45, 2.75) is 38.0 Å². The lowest BCUT2D eigenvalue weighted by Crippen LogP contribution is -2.34. The molecule has 136 valence electrons. The molecule has 0 bridgehead atoms. The maximum Gasteiger partial charge on any atom is 0.230 e. The van der Waals surface area contributed by atoms with Crippen LogP contribution in [0, 0.1) is 0 Å². The molecule has 3 rings (SSSR count). The van der Waals surface area contributed by atoms with Crippen molar-refractivity contribution in [1.29, 1.82) is 0 Å². The van der Waals surface area contributed by atoms with Crippen molar-refractivity contribution in [3.05, 3.63) is 66.0 Å². The molecule has 1 heterocycles. The molecule has 1 amide bonds. The highest BCUT2D eigenvalue weighted by atomic mass is 32.2. The molecule has 2 atom stereocenters. The number of carbonyl (C=O) groups is 1. The van der Waals surface area contributed by atoms with Crippen molar-refractivity contribution < 1.29 is 4.79 Å². The van der Waals surface area contributed by atoms with E-state index < -0.39 is 0 Å². The summed E-state index contributed by atoms with van der Waals surface area (Å²) in [5.74, 6) is 1.44. The van der Waals surface area contributed by atoms with Gasteiger partial charge in [-0.2, -0.15) is 0 Å². The minimum Gasteiger partial charge on any atom is -0.353 e. The van der Waals surface area contributed by atoms with Gasteiger partial charge in [0.25, 0.3) is 0 Å². The van der Waals surface area contributed by atoms with E-state index in [9.17, 15) is 4.79 Å². The summed E-state index contributed by atoms with van der Waals surface area (Å²) in [5.41, 5.74) is 3.31. The average molecular weight is 368 g/mol. The number of carbonyl (C=O) groups excluding carboxylic acids is 1. The molecule has 0 aliphatic rings. The van der Waals surface area contributed by atoms with E-state index in [1.807, 2.05) is 30.3 Å². The Bertz CT molecular complexity index is 814. The number of thioether (sulfide) groups is 1. The largest absolute Gasteiger partial charge is 0.353 e. The highest BCUT2D eigenvalue weighted by Gasteiger charge is 2.14. The molecule has 0 radical (unpaired) electrons. The van der Waals surface area contributed by atoms with Crippen molar-refractivity contribution in [2.75, 3.05) is 5.75 Å². The summed E-state index contributed by atoms with van der Waals surface area (Å²) in [6.07, 6.45) is 1.92. The van der Waals surface area contributed by atoms with E-state index in [-0.39, 0.29) is 17.2 Å². The van der Waals surface area contributed by atoms with Gasteiger partial charge in [-0.25, -0.2) is 4.98 Å². The second-order valence-corrected chi connectivity index (χ2v) is 7.91. The Hall–Kier alpha value is -2.27. The molecule has 0 saturated carbocycles. The topological polar surface area (TPSA) is 57.8 Å². The highest BCUT2D eigenvalue weighted by Crippen LogP contribution is 2.27. The summed E-state index contributed by atoms with van der Waals surface area (Å²) in [4.78, 5) is 20.2. The minimum atomic E-state index is 0.0820. The summed E-state index contributed by atoms with van der Waals surface area (Å²) >= 11 is 1.60. The van der Waals surface area contributed by atoms with Crippen LogP contribution >= 0.6 is 11.8 Å². The van der Waals surface area contributed by atoms with Crippen molar-refractivity contribution in [1.82, 2.24) is 15.3 Å². The molecule has 2 unspecified atom stereocenters. The zero-order valence-electron chi connectivity index (χ0n) is 15.2. The number of fused-ring (bicyclic) bond motifs is 1. The molecule has 4 nitrogen and oxygen atoms in total. The molecular formula is C21H25N3OS. The first kappa shape index (κ1) is 18.5. The Labute approximate surface area is 158 Å². The smallest absolute Gasteiger partial charge is 0.230 e. The fraction of sp³-hybridized carbons (Fsp3) is 0.333. The molecule has 5 heteroatoms. The number of nitrogens with one attached hydrogen (secondary N) is 2. The van der Waals surface area contributed by atoms with Crippen LogP contribution in [0.2, 0.25) is 0 Å². The SMILES string of the molecule is CC(CCc1ccccc1)NC(=O)CSC(C)c1nc2ccccc2[nH]1. The molecule has 26 heavy (non-hydrogen) atoms. The Morgan fingerprint density at radius 2 is 1.85 bits per heavy atom. The number of hydrogen-bond donors (Lipinski definition) is 2. The van der Waals surface area contributed by atoms with Gasteiger partial charge >= 0.3 is 0 Å². The first-order chi connectivity index (χ1) is 12.6. The third kappa shape index (κ3) is 5.11. The molecular weight excluding hydrogens is 342 g/mol. The molecule has 0 spiro atoms. The van der Waals surface area contributed by atoms with E-state index in [1.165, 1.54) is 5.56 Å². The summed E-state index contributed by atoms with van der Waals surface area (Å²) in [5, 5.41) is 3.24. The van der Waals surface area contributed by atoms with Crippen LogP contribution in [0.4, 0.5) is 0 Å². The number of para-hydroxylation sites is 2. The van der Waals surface area contributed by atoms with E-state index in [2.05, 4.69) is 53.4 Å². The normalized spacial score (nSPS) is 13.5. The van der Waals surface area contributed by atoms with Crippen LogP contribution in [0.25, 0.3) is 11.0 Å². The fourth-order valence-corrected chi connectivity index (χ4v) is 3.62. The standard InChI is InChI=1S/C21H25N3OS/c1-15(12-13-17-8-4-3-5-9-17)22-20(25)14-26-16(2)21-23-18-10-6-7-11-19(18)24-21/h3-11,15-16H,12-14H2,1-2H3,(H,22,25)(H,23,24). The molecule has 0 aliphatic carbocycles. The highest BCUT2D eigenvalue weighted by molar-refractivity contribution is 8.00. The van der Waals surface area contributed by atoms with Gasteiger partial charge < -0.3 is 10.3 Å². The second-order valence-electron chi connectivity index (χ2n) is 6.59. The number of benzene rings is 2. The molecule has 2 N–H and O–H groups in total. The molecule has 0 aliphatic heterocycles. The van der Waals surface area contributed by atoms with Crippen molar-refractivity contribution in [3.8, 4) is 0 Å². The lowest BCUT2D eigenvalue weighted by atomic mass is 10.1. The Balaban J connectivity index is 1.42. The number of nitrogens with zero attached hydrogens (tertiary/aromatic N) is 1. The van der Waals surface area contributed by atoms with Crippen molar-refractivity contribution in [2.24, 2.45) is 0 Å². The van der Waals surface area contributed by atoms with E-state index in [0.717, 1.165) is 29.7 Å². The van der Waals surface area contributed by atoms with Gasteiger partial charge in [-0.3, -0.25) is 4.79 Å². The van der Waals surface area contributed by atoms with Crippen molar-refractivity contribution in [3.63, 3.8) is 0 Å². The molecule has 2 aromatic carbocycles. The first-order valence-corrected chi connectivity index (χ1v) is 10.1. The number of hydrogen-bond acceptors (Lipinski definition) is 3. The van der Waals surface area contributed by atoms with Gasteiger partial charge in [0.15, 0.2) is 0 Å². The predicted molar refractivity (Wildman–Crippen MR) is 109 cm³/mol. The summed E-state index contributed by atoms with van der Waals surface area (Å²) in [6.45, 7) is 4.14. The lowest BCUT2D eigenvalue weighted by Gasteiger charge is -2.15. The van der Waals surface area contributed by atoms with Crippen LogP contribution in [0.3, 0.4) is 0 Å². The second kappa shape index (κ2) is 8.90. The Morgan fingerprint density at radius 1 is 1.12 bits per heavy atom. The van der Waals surface area contributed by atoms with Crippen LogP contribution in [0.15, 0.2) is 54.6 Å². The van der Waals surface area contributed by atoms with E-state index in [4.69, 9.17) is 0 Å². The van der Waals surface area contributed by atoms with Crippen LogP contribution in [0.1, 0.15) is 36.9 Å². The van der Waals surface area contributed by atoms with Gasteiger partial charge in [0, 0.05) is 6.04 Å². The van der Waals surface area contributed by atoms with Crippen molar-refractivity contribution >= 4 is 28.7 Å². The van der Waals surface area contributed by atoms with E-state index >= 15 is 0 Å². The lowest BCUT2D eigenvalue weighted by molar-refractivity contribution is -0.119. The number of H-pyrrole nitrogens is 1. The zero-order chi connectivity index (χ0) is 18.4. The average Bonchev–Trinajstić information content (AvgIpc) is 3.09. The quantitative estimate of drug-likeness (QED) is 0.616. The van der Waals surface area contributed by atoms with Gasteiger partial charge in [-0.05, 0) is 44.4 Å². The molecule has 0 saturated heterocycles. The third-order valence-corrected chi connectivity index (χ3v) is 5.53. The number of imidazole rings is 1. The number of amides is 1. The molecule has 3 aromatic rings. The minimum absolute atomic E-state index is 0.0820. The predicted octanol–water partition coefficient (Wildman–Crippen LogP) is 4.49. The number of aromatic amines is 1. The van der Waals surface area contributed by atoms with Gasteiger partial charge in [-0.1, -0.05) is 42.5 Å². The maximum atomic E-state index is 12.2. The Kier molecular flexibility index (Phi) is 6.34. The number of aryl methyl sites for hydroxylation is 1. The van der Waals surface area contributed by atoms with Gasteiger partial charge in [0.1, 0.15) is 5.82 Å². The monoisotopic (exact) mass is 367 g/mol. The number of rotatable bonds is 8. The van der Waals surface area contributed by atoms with Crippen LogP contribution < -0.4 is 5.32 Å². The van der Waals surface area contributed by atoms with E-state index in [0.29, 0.717) is 5.75 Å². The molecule has 1 aromatic heterocycles. The maximum absolute atomic E-state index is 12.2. The summed E-state index contributed by atoms with van der Waals surface area (Å²) in [7, 11) is 0. The third-order valence-electron chi connectivity index (χ3n) is 4.37. The van der Waals surface area contributed by atoms with Gasteiger partial charge in [0.05, 0.1) is 22.0 Å². The van der Waals surface area contributed by atoms with Crippen LogP contribution in [-0.4, -0.2) is 27.7 Å². The fourth-order valence-electron chi connectivity index (χ4n) is 2.86. The zero-order valence-corrected chi connectivity index (χ0v) is 16.1. The van der Waals surface area contributed by atoms with Gasteiger partial charge in [0.2, 0.25) is 5.91 Å². The summed E-state index contributed by atoms with van der Waals surface area (Å²) < 4.78 is 0. The molecule has 0 fully saturated rings. The van der Waals surface area contributed by atoms with Crippen LogP contribution in [0.5, 0.6) is 0 Å². The van der Waals surface area contributed by atoms with Crippen LogP contribution in [-0.2, 0) is 11.2 Å². The van der Waals surface area contributed by atoms with E-state index in [1.54, 1.807) is 11.8 Å². The first-order valence-electron chi connectivity index (χ1n) is 9.01. The number of aromatic nitrogens is 2.